The van der Waals surface area contributed by atoms with E-state index in [0.29, 0.717) is 33.9 Å². The lowest BCUT2D eigenvalue weighted by Crippen LogP contribution is -2.24. The van der Waals surface area contributed by atoms with Crippen molar-refractivity contribution >= 4 is 5.91 Å². The molecule has 0 aliphatic rings. The Morgan fingerprint density at radius 2 is 1.74 bits per heavy atom. The second-order valence-electron chi connectivity index (χ2n) is 7.55. The minimum absolute atomic E-state index is 0.245. The van der Waals surface area contributed by atoms with Gasteiger partial charge in [-0.05, 0) is 48.9 Å². The van der Waals surface area contributed by atoms with Gasteiger partial charge in [-0.3, -0.25) is 9.59 Å². The topological polar surface area (TPSA) is 108 Å². The van der Waals surface area contributed by atoms with Crippen molar-refractivity contribution in [1.82, 2.24) is 15.5 Å². The van der Waals surface area contributed by atoms with E-state index < -0.39 is 0 Å². The average Bonchev–Trinajstić information content (AvgIpc) is 2.87. The number of nitrogens with zero attached hydrogens (tertiary/aromatic N) is 2. The number of nitrogens with one attached hydrogen (secondary N) is 2. The fraction of sp³-hybridized carbons (Fsp3) is 0.111. The van der Waals surface area contributed by atoms with Gasteiger partial charge in [0.2, 0.25) is 0 Å². The highest BCUT2D eigenvalue weighted by Gasteiger charge is 2.19. The maximum absolute atomic E-state index is 12.5. The summed E-state index contributed by atoms with van der Waals surface area (Å²) < 4.78 is 6.11. The molecule has 0 aliphatic carbocycles. The molecule has 0 saturated carbocycles. The Bertz CT molecular complexity index is 1400. The molecule has 0 saturated heterocycles. The molecule has 2 N–H and O–H groups in total. The first kappa shape index (κ1) is 22.5. The van der Waals surface area contributed by atoms with E-state index in [4.69, 9.17) is 10.00 Å². The van der Waals surface area contributed by atoms with Crippen LogP contribution in [0.15, 0.2) is 83.7 Å². The Hall–Kier alpha value is -4.70. The van der Waals surface area contributed by atoms with Gasteiger partial charge in [0.15, 0.2) is 0 Å². The second kappa shape index (κ2) is 10.3. The third-order valence-corrected chi connectivity index (χ3v) is 5.29. The van der Waals surface area contributed by atoms with Crippen LogP contribution in [0.5, 0.6) is 11.5 Å². The van der Waals surface area contributed by atoms with Crippen molar-refractivity contribution in [3.63, 3.8) is 0 Å². The molecule has 1 amide bonds. The van der Waals surface area contributed by atoms with E-state index in [1.165, 1.54) is 0 Å². The number of rotatable bonds is 7. The molecule has 0 fully saturated rings. The number of carbonyl (C=O) groups excluding carboxylic acids is 1. The van der Waals surface area contributed by atoms with E-state index in [9.17, 15) is 9.59 Å². The SMILES string of the molecule is Cc1c(-c2ccc(C(=O)NCCC#N)cc2)c(-c2ccccc2Oc2ccccc2)n[nH]c1=O. The first-order valence-corrected chi connectivity index (χ1v) is 10.8. The normalized spacial score (nSPS) is 10.4. The van der Waals surface area contributed by atoms with Gasteiger partial charge in [0.25, 0.3) is 11.5 Å². The van der Waals surface area contributed by atoms with Crippen molar-refractivity contribution in [3.05, 3.63) is 100 Å². The molecule has 0 aliphatic heterocycles. The Balaban J connectivity index is 1.75. The molecule has 7 heteroatoms. The zero-order valence-corrected chi connectivity index (χ0v) is 18.5. The number of aromatic amines is 1. The zero-order valence-electron chi connectivity index (χ0n) is 18.5. The largest absolute Gasteiger partial charge is 0.457 e. The van der Waals surface area contributed by atoms with Crippen LogP contribution in [-0.2, 0) is 0 Å². The summed E-state index contributed by atoms with van der Waals surface area (Å²) in [6, 6.07) is 25.9. The molecule has 0 radical (unpaired) electrons. The van der Waals surface area contributed by atoms with Crippen molar-refractivity contribution < 1.29 is 9.53 Å². The number of nitriles is 1. The number of ether oxygens (including phenoxy) is 1. The van der Waals surface area contributed by atoms with Crippen LogP contribution in [0.1, 0.15) is 22.3 Å². The van der Waals surface area contributed by atoms with E-state index in [2.05, 4.69) is 15.5 Å². The van der Waals surface area contributed by atoms with Crippen LogP contribution >= 0.6 is 0 Å². The van der Waals surface area contributed by atoms with Crippen LogP contribution in [0.2, 0.25) is 0 Å². The zero-order chi connectivity index (χ0) is 23.9. The van der Waals surface area contributed by atoms with E-state index >= 15 is 0 Å². The highest BCUT2D eigenvalue weighted by molar-refractivity contribution is 5.95. The third kappa shape index (κ3) is 4.87. The van der Waals surface area contributed by atoms with Crippen molar-refractivity contribution in [2.24, 2.45) is 0 Å². The molecular formula is C27H22N4O3. The second-order valence-corrected chi connectivity index (χ2v) is 7.55. The molecule has 0 spiro atoms. The molecule has 3 aromatic carbocycles. The summed E-state index contributed by atoms with van der Waals surface area (Å²) in [5, 5.41) is 18.3. The summed E-state index contributed by atoms with van der Waals surface area (Å²) in [5.74, 6) is 1.02. The third-order valence-electron chi connectivity index (χ3n) is 5.29. The number of carbonyl (C=O) groups is 1. The van der Waals surface area contributed by atoms with E-state index in [0.717, 1.165) is 11.1 Å². The van der Waals surface area contributed by atoms with Crippen LogP contribution in [-0.4, -0.2) is 22.6 Å². The summed E-state index contributed by atoms with van der Waals surface area (Å²) >= 11 is 0. The molecule has 1 heterocycles. The molecule has 34 heavy (non-hydrogen) atoms. The Kier molecular flexibility index (Phi) is 6.80. The minimum Gasteiger partial charge on any atom is -0.457 e. The lowest BCUT2D eigenvalue weighted by molar-refractivity contribution is 0.0954. The van der Waals surface area contributed by atoms with E-state index in [1.54, 1.807) is 31.2 Å². The first-order valence-electron chi connectivity index (χ1n) is 10.8. The number of benzene rings is 3. The molecule has 1 aromatic heterocycles. The number of H-pyrrole nitrogens is 1. The van der Waals surface area contributed by atoms with Crippen LogP contribution in [0.3, 0.4) is 0 Å². The smallest absolute Gasteiger partial charge is 0.267 e. The maximum atomic E-state index is 12.5. The molecule has 0 atom stereocenters. The summed E-state index contributed by atoms with van der Waals surface area (Å²) in [7, 11) is 0. The summed E-state index contributed by atoms with van der Waals surface area (Å²) in [6.45, 7) is 2.03. The number of amides is 1. The number of aromatic nitrogens is 2. The number of para-hydroxylation sites is 2. The van der Waals surface area contributed by atoms with Gasteiger partial charge in [0, 0.05) is 28.8 Å². The van der Waals surface area contributed by atoms with Gasteiger partial charge in [0.05, 0.1) is 12.5 Å². The Morgan fingerprint density at radius 1 is 1.03 bits per heavy atom. The fourth-order valence-electron chi connectivity index (χ4n) is 3.57. The van der Waals surface area contributed by atoms with Gasteiger partial charge in [-0.1, -0.05) is 42.5 Å². The van der Waals surface area contributed by atoms with Crippen LogP contribution < -0.4 is 15.6 Å². The lowest BCUT2D eigenvalue weighted by atomic mass is 9.95. The average molecular weight is 450 g/mol. The van der Waals surface area contributed by atoms with Gasteiger partial charge < -0.3 is 10.1 Å². The molecule has 4 rings (SSSR count). The van der Waals surface area contributed by atoms with Crippen molar-refractivity contribution in [2.75, 3.05) is 6.54 Å². The van der Waals surface area contributed by atoms with Gasteiger partial charge in [-0.25, -0.2) is 5.10 Å². The Labute approximate surface area is 196 Å². The van der Waals surface area contributed by atoms with Crippen LogP contribution in [0, 0.1) is 18.3 Å². The van der Waals surface area contributed by atoms with Gasteiger partial charge >= 0.3 is 0 Å². The van der Waals surface area contributed by atoms with Gasteiger partial charge in [-0.2, -0.15) is 10.4 Å². The monoisotopic (exact) mass is 450 g/mol. The first-order chi connectivity index (χ1) is 16.6. The molecule has 0 unspecified atom stereocenters. The minimum atomic E-state index is -0.293. The standard InChI is InChI=1S/C27H22N4O3/c1-18-24(19-12-14-20(15-13-19)27(33)29-17-7-16-28)25(30-31-26(18)32)22-10-5-6-11-23(22)34-21-8-3-2-4-9-21/h2-6,8-15H,7,17H2,1H3,(H,29,33)(H,31,32). The molecule has 0 bridgehead atoms. The van der Waals surface area contributed by atoms with Crippen molar-refractivity contribution in [3.8, 4) is 40.0 Å². The summed E-state index contributed by atoms with van der Waals surface area (Å²) in [4.78, 5) is 24.7. The van der Waals surface area contributed by atoms with Crippen LogP contribution in [0.4, 0.5) is 0 Å². The van der Waals surface area contributed by atoms with E-state index in [1.807, 2.05) is 60.7 Å². The van der Waals surface area contributed by atoms with Crippen molar-refractivity contribution in [1.29, 1.82) is 5.26 Å². The number of hydrogen-bond donors (Lipinski definition) is 2. The molecule has 4 aromatic rings. The highest BCUT2D eigenvalue weighted by atomic mass is 16.5. The van der Waals surface area contributed by atoms with Crippen molar-refractivity contribution in [2.45, 2.75) is 13.3 Å². The van der Waals surface area contributed by atoms with Gasteiger partial charge in [-0.15, -0.1) is 0 Å². The Morgan fingerprint density at radius 3 is 2.47 bits per heavy atom. The lowest BCUT2D eigenvalue weighted by Gasteiger charge is -2.15. The summed E-state index contributed by atoms with van der Waals surface area (Å²) in [6.07, 6.45) is 0.245. The summed E-state index contributed by atoms with van der Waals surface area (Å²) in [5.41, 5.74) is 3.36. The van der Waals surface area contributed by atoms with Crippen LogP contribution in [0.25, 0.3) is 22.4 Å². The molecule has 168 valence electrons. The van der Waals surface area contributed by atoms with Gasteiger partial charge in [0.1, 0.15) is 17.2 Å². The maximum Gasteiger partial charge on any atom is 0.267 e. The predicted octanol–water partition coefficient (Wildman–Crippen LogP) is 4.85. The quantitative estimate of drug-likeness (QED) is 0.392. The predicted molar refractivity (Wildman–Crippen MR) is 130 cm³/mol. The molecular weight excluding hydrogens is 428 g/mol. The fourth-order valence-corrected chi connectivity index (χ4v) is 3.57. The highest BCUT2D eigenvalue weighted by Crippen LogP contribution is 2.38. The number of hydrogen-bond acceptors (Lipinski definition) is 5. The molecule has 7 nitrogen and oxygen atoms in total. The van der Waals surface area contributed by atoms with E-state index in [-0.39, 0.29) is 24.4 Å².